The number of hydrogen-bond acceptors (Lipinski definition) is 4. The van der Waals surface area contributed by atoms with Gasteiger partial charge in [-0.15, -0.1) is 0 Å². The summed E-state index contributed by atoms with van der Waals surface area (Å²) in [4.78, 5) is 4.55. The van der Waals surface area contributed by atoms with E-state index in [2.05, 4.69) is 11.1 Å². The lowest BCUT2D eigenvalue weighted by molar-refractivity contribution is 0.0454. The molecule has 0 N–H and O–H groups in total. The molecule has 1 fully saturated rings. The minimum absolute atomic E-state index is 0.441. The molecule has 2 aromatic rings. The number of nitrogens with zero attached hydrogens (tertiary/aromatic N) is 2. The Morgan fingerprint density at radius 3 is 2.88 bits per heavy atom. The molecule has 1 aliphatic rings. The van der Waals surface area contributed by atoms with Crippen molar-refractivity contribution in [2.75, 3.05) is 13.2 Å². The third-order valence-corrected chi connectivity index (χ3v) is 3.84. The molecule has 1 saturated heterocycles. The third kappa shape index (κ3) is 1.99. The number of aromatic nitrogens is 1. The molecule has 0 aliphatic carbocycles. The first kappa shape index (κ1) is 10.6. The number of fused-ring (bicyclic) bond motifs is 1. The van der Waals surface area contributed by atoms with E-state index in [-0.39, 0.29) is 0 Å². The average molecular weight is 242 g/mol. The highest BCUT2D eigenvalue weighted by Gasteiger charge is 2.22. The summed E-state index contributed by atoms with van der Waals surface area (Å²) in [6, 6.07) is 12.0. The lowest BCUT2D eigenvalue weighted by Gasteiger charge is -2.25. The van der Waals surface area contributed by atoms with E-state index in [1.54, 1.807) is 11.8 Å². The van der Waals surface area contributed by atoms with Crippen LogP contribution in [0.4, 0.5) is 0 Å². The van der Waals surface area contributed by atoms with Crippen LogP contribution in [0.5, 0.6) is 0 Å². The van der Waals surface area contributed by atoms with Crippen LogP contribution in [0.25, 0.3) is 10.9 Å². The summed E-state index contributed by atoms with van der Waals surface area (Å²) in [5.74, 6) is 0. The molecule has 4 heteroatoms. The maximum Gasteiger partial charge on any atom is 0.115 e. The SMILES string of the molecule is N#Cc1cc2ccccc2nc1SC1COC1. The molecule has 17 heavy (non-hydrogen) atoms. The molecule has 84 valence electrons. The molecule has 1 aromatic carbocycles. The second-order valence-corrected chi connectivity index (χ2v) is 5.21. The highest BCUT2D eigenvalue weighted by molar-refractivity contribution is 8.00. The van der Waals surface area contributed by atoms with Gasteiger partial charge in [-0.2, -0.15) is 5.26 Å². The number of para-hydroxylation sites is 1. The molecule has 3 rings (SSSR count). The van der Waals surface area contributed by atoms with Crippen LogP contribution in [-0.4, -0.2) is 23.4 Å². The van der Waals surface area contributed by atoms with Gasteiger partial charge in [0.15, 0.2) is 0 Å². The number of nitriles is 1. The van der Waals surface area contributed by atoms with E-state index in [1.807, 2.05) is 30.3 Å². The van der Waals surface area contributed by atoms with Crippen LogP contribution in [0.3, 0.4) is 0 Å². The van der Waals surface area contributed by atoms with E-state index in [0.717, 1.165) is 29.1 Å². The van der Waals surface area contributed by atoms with Gasteiger partial charge >= 0.3 is 0 Å². The molecule has 1 aromatic heterocycles. The van der Waals surface area contributed by atoms with Gasteiger partial charge in [-0.05, 0) is 12.1 Å². The summed E-state index contributed by atoms with van der Waals surface area (Å²) < 4.78 is 5.14. The van der Waals surface area contributed by atoms with E-state index in [1.165, 1.54) is 0 Å². The van der Waals surface area contributed by atoms with Crippen molar-refractivity contribution in [1.29, 1.82) is 5.26 Å². The third-order valence-electron chi connectivity index (χ3n) is 2.70. The van der Waals surface area contributed by atoms with Crippen LogP contribution in [-0.2, 0) is 4.74 Å². The Morgan fingerprint density at radius 2 is 2.18 bits per heavy atom. The molecular weight excluding hydrogens is 232 g/mol. The fourth-order valence-electron chi connectivity index (χ4n) is 1.71. The van der Waals surface area contributed by atoms with Crippen molar-refractivity contribution in [2.45, 2.75) is 10.3 Å². The van der Waals surface area contributed by atoms with Crippen LogP contribution in [0.2, 0.25) is 0 Å². The first-order valence-electron chi connectivity index (χ1n) is 5.41. The minimum atomic E-state index is 0.441. The summed E-state index contributed by atoms with van der Waals surface area (Å²) >= 11 is 1.64. The van der Waals surface area contributed by atoms with E-state index in [4.69, 9.17) is 10.00 Å². The fraction of sp³-hybridized carbons (Fsp3) is 0.231. The van der Waals surface area contributed by atoms with Crippen LogP contribution in [0, 0.1) is 11.3 Å². The Hall–Kier alpha value is -1.57. The van der Waals surface area contributed by atoms with Crippen LogP contribution in [0.1, 0.15) is 5.56 Å². The summed E-state index contributed by atoms with van der Waals surface area (Å²) in [6.45, 7) is 1.51. The Bertz CT molecular complexity index is 602. The van der Waals surface area contributed by atoms with E-state index >= 15 is 0 Å². The quantitative estimate of drug-likeness (QED) is 0.812. The van der Waals surface area contributed by atoms with Gasteiger partial charge in [-0.3, -0.25) is 0 Å². The number of benzene rings is 1. The number of pyridine rings is 1. The minimum Gasteiger partial charge on any atom is -0.379 e. The Balaban J connectivity index is 2.05. The van der Waals surface area contributed by atoms with Gasteiger partial charge in [0.05, 0.1) is 29.5 Å². The predicted octanol–water partition coefficient (Wildman–Crippen LogP) is 2.60. The number of thioether (sulfide) groups is 1. The molecule has 0 atom stereocenters. The summed E-state index contributed by atoms with van der Waals surface area (Å²) in [5, 5.41) is 11.4. The van der Waals surface area contributed by atoms with Gasteiger partial charge in [0.1, 0.15) is 11.1 Å². The van der Waals surface area contributed by atoms with Gasteiger partial charge in [0.25, 0.3) is 0 Å². The van der Waals surface area contributed by atoms with Gasteiger partial charge in [0.2, 0.25) is 0 Å². The molecule has 1 aliphatic heterocycles. The second-order valence-electron chi connectivity index (χ2n) is 3.92. The topological polar surface area (TPSA) is 45.9 Å². The van der Waals surface area contributed by atoms with Gasteiger partial charge in [0, 0.05) is 5.39 Å². The summed E-state index contributed by atoms with van der Waals surface area (Å²) in [7, 11) is 0. The van der Waals surface area contributed by atoms with Crippen molar-refractivity contribution in [3.63, 3.8) is 0 Å². The van der Waals surface area contributed by atoms with Crippen LogP contribution >= 0.6 is 11.8 Å². The average Bonchev–Trinajstić information content (AvgIpc) is 2.32. The van der Waals surface area contributed by atoms with Crippen molar-refractivity contribution in [1.82, 2.24) is 4.98 Å². The first-order valence-corrected chi connectivity index (χ1v) is 6.29. The van der Waals surface area contributed by atoms with Crippen LogP contribution < -0.4 is 0 Å². The van der Waals surface area contributed by atoms with Gasteiger partial charge in [-0.1, -0.05) is 30.0 Å². The van der Waals surface area contributed by atoms with Crippen molar-refractivity contribution >= 4 is 22.7 Å². The summed E-state index contributed by atoms with van der Waals surface area (Å²) in [5.41, 5.74) is 1.59. The van der Waals surface area contributed by atoms with Crippen molar-refractivity contribution in [3.05, 3.63) is 35.9 Å². The molecule has 0 radical (unpaired) electrons. The maximum atomic E-state index is 9.15. The normalized spacial score (nSPS) is 15.5. The van der Waals surface area contributed by atoms with E-state index < -0.39 is 0 Å². The number of ether oxygens (including phenoxy) is 1. The second kappa shape index (κ2) is 4.36. The lowest BCUT2D eigenvalue weighted by atomic mass is 10.2. The number of hydrogen-bond donors (Lipinski definition) is 0. The zero-order valence-corrected chi connectivity index (χ0v) is 9.91. The first-order chi connectivity index (χ1) is 8.36. The summed E-state index contributed by atoms with van der Waals surface area (Å²) in [6.07, 6.45) is 0. The van der Waals surface area contributed by atoms with Gasteiger partial charge < -0.3 is 4.74 Å². The largest absolute Gasteiger partial charge is 0.379 e. The standard InChI is InChI=1S/C13H10N2OS/c14-6-10-5-9-3-1-2-4-12(9)15-13(10)17-11-7-16-8-11/h1-5,11H,7-8H2. The van der Waals surface area contributed by atoms with Crippen molar-refractivity contribution in [2.24, 2.45) is 0 Å². The monoisotopic (exact) mass is 242 g/mol. The fourth-order valence-corrected chi connectivity index (χ4v) is 2.74. The maximum absolute atomic E-state index is 9.15. The zero-order valence-electron chi connectivity index (χ0n) is 9.09. The molecular formula is C13H10N2OS. The van der Waals surface area contributed by atoms with Crippen molar-refractivity contribution in [3.8, 4) is 6.07 Å². The smallest absolute Gasteiger partial charge is 0.115 e. The molecule has 0 unspecified atom stereocenters. The Kier molecular flexibility index (Phi) is 2.71. The molecule has 0 amide bonds. The Morgan fingerprint density at radius 1 is 1.35 bits per heavy atom. The lowest BCUT2D eigenvalue weighted by Crippen LogP contribution is -2.30. The van der Waals surface area contributed by atoms with Gasteiger partial charge in [-0.25, -0.2) is 4.98 Å². The molecule has 0 saturated carbocycles. The van der Waals surface area contributed by atoms with E-state index in [0.29, 0.717) is 10.8 Å². The molecule has 0 spiro atoms. The Labute approximate surface area is 103 Å². The number of rotatable bonds is 2. The highest BCUT2D eigenvalue weighted by atomic mass is 32.2. The highest BCUT2D eigenvalue weighted by Crippen LogP contribution is 2.30. The van der Waals surface area contributed by atoms with E-state index in [9.17, 15) is 0 Å². The molecule has 2 heterocycles. The van der Waals surface area contributed by atoms with Crippen molar-refractivity contribution < 1.29 is 4.74 Å². The van der Waals surface area contributed by atoms with Crippen LogP contribution in [0.15, 0.2) is 35.4 Å². The zero-order chi connectivity index (χ0) is 11.7. The molecule has 0 bridgehead atoms. The molecule has 3 nitrogen and oxygen atoms in total. The predicted molar refractivity (Wildman–Crippen MR) is 66.9 cm³/mol.